The molecule has 14 heavy (non-hydrogen) atoms. The Kier molecular flexibility index (Phi) is 1.81. The third kappa shape index (κ3) is 1.02. The van der Waals surface area contributed by atoms with E-state index in [1.54, 1.807) is 24.3 Å². The molecule has 0 saturated heterocycles. The van der Waals surface area contributed by atoms with Crippen LogP contribution in [-0.2, 0) is 0 Å². The van der Waals surface area contributed by atoms with Gasteiger partial charge in [0.2, 0.25) is 0 Å². The fraction of sp³-hybridized carbons (Fsp3) is 0.0909. The first-order valence-electron chi connectivity index (χ1n) is 4.28. The van der Waals surface area contributed by atoms with E-state index in [0.29, 0.717) is 10.8 Å². The average molecular weight is 191 g/mol. The number of rotatable bonds is 0. The summed E-state index contributed by atoms with van der Waals surface area (Å²) >= 11 is 0. The maximum Gasteiger partial charge on any atom is 0.153 e. The average Bonchev–Trinajstić information content (AvgIpc) is 2.23. The predicted molar refractivity (Wildman–Crippen MR) is 54.7 cm³/mol. The van der Waals surface area contributed by atoms with Crippen molar-refractivity contribution in [3.05, 3.63) is 35.6 Å². The number of fused-ring (bicyclic) bond motifs is 1. The lowest BCUT2D eigenvalue weighted by molar-refractivity contribution is 0.470. The van der Waals surface area contributed by atoms with Gasteiger partial charge in [-0.1, -0.05) is 24.3 Å². The van der Waals surface area contributed by atoms with Crippen molar-refractivity contribution in [2.45, 2.75) is 6.92 Å². The first-order chi connectivity index (χ1) is 6.63. The molecule has 0 aliphatic rings. The molecule has 72 valence electrons. The Bertz CT molecular complexity index is 462. The molecule has 0 aliphatic heterocycles. The van der Waals surface area contributed by atoms with E-state index in [1.165, 1.54) is 6.92 Å². The van der Waals surface area contributed by atoms with Crippen molar-refractivity contribution in [3.63, 3.8) is 0 Å². The molecule has 0 radical (unpaired) electrons. The zero-order valence-electron chi connectivity index (χ0n) is 7.71. The smallest absolute Gasteiger partial charge is 0.153 e. The molecule has 0 fully saturated rings. The molecular formula is C11H10FNO. The van der Waals surface area contributed by atoms with Gasteiger partial charge < -0.3 is 10.8 Å². The topological polar surface area (TPSA) is 46.2 Å². The largest absolute Gasteiger partial charge is 0.507 e. The minimum absolute atomic E-state index is 0.0349. The maximum atomic E-state index is 13.4. The molecule has 0 heterocycles. The number of hydrogen-bond donors (Lipinski definition) is 2. The number of aromatic hydroxyl groups is 1. The van der Waals surface area contributed by atoms with Gasteiger partial charge in [-0.05, 0) is 6.92 Å². The summed E-state index contributed by atoms with van der Waals surface area (Å²) in [6.07, 6.45) is 0. The van der Waals surface area contributed by atoms with Gasteiger partial charge in [0.05, 0.1) is 5.69 Å². The minimum atomic E-state index is -0.541. The maximum absolute atomic E-state index is 13.4. The normalized spacial score (nSPS) is 10.7. The first kappa shape index (κ1) is 8.81. The molecule has 0 spiro atoms. The third-order valence-corrected chi connectivity index (χ3v) is 2.39. The summed E-state index contributed by atoms with van der Waals surface area (Å²) in [5.41, 5.74) is 5.89. The summed E-state index contributed by atoms with van der Waals surface area (Å²) in [6, 6.07) is 6.94. The second kappa shape index (κ2) is 2.87. The summed E-state index contributed by atoms with van der Waals surface area (Å²) < 4.78 is 13.4. The molecule has 2 aromatic rings. The molecule has 0 unspecified atom stereocenters. The number of hydrogen-bond acceptors (Lipinski definition) is 2. The second-order valence-electron chi connectivity index (χ2n) is 3.25. The van der Waals surface area contributed by atoms with Gasteiger partial charge in [0.15, 0.2) is 5.82 Å². The Morgan fingerprint density at radius 3 is 2.43 bits per heavy atom. The van der Waals surface area contributed by atoms with Gasteiger partial charge in [-0.25, -0.2) is 4.39 Å². The standard InChI is InChI=1S/C11H10FNO/c1-6-9(12)10(13)7-4-2-3-5-8(7)11(6)14/h2-5,14H,13H2,1H3. The Labute approximate surface area is 80.8 Å². The Hall–Kier alpha value is -1.77. The molecule has 0 atom stereocenters. The summed E-state index contributed by atoms with van der Waals surface area (Å²) in [4.78, 5) is 0. The van der Waals surface area contributed by atoms with Gasteiger partial charge in [-0.15, -0.1) is 0 Å². The molecule has 0 saturated carbocycles. The Morgan fingerprint density at radius 2 is 1.79 bits per heavy atom. The Balaban J connectivity index is 3.02. The van der Waals surface area contributed by atoms with E-state index in [-0.39, 0.29) is 17.0 Å². The van der Waals surface area contributed by atoms with Gasteiger partial charge in [-0.3, -0.25) is 0 Å². The van der Waals surface area contributed by atoms with Crippen molar-refractivity contribution in [2.75, 3.05) is 5.73 Å². The van der Waals surface area contributed by atoms with Crippen LogP contribution in [0.25, 0.3) is 10.8 Å². The molecule has 0 amide bonds. The van der Waals surface area contributed by atoms with E-state index in [2.05, 4.69) is 0 Å². The van der Waals surface area contributed by atoms with Crippen LogP contribution in [0.3, 0.4) is 0 Å². The van der Waals surface area contributed by atoms with Crippen LogP contribution >= 0.6 is 0 Å². The van der Waals surface area contributed by atoms with E-state index < -0.39 is 5.82 Å². The van der Waals surface area contributed by atoms with Crippen LogP contribution < -0.4 is 5.73 Å². The fourth-order valence-electron chi connectivity index (χ4n) is 1.55. The quantitative estimate of drug-likeness (QED) is 0.496. The van der Waals surface area contributed by atoms with Crippen LogP contribution in [0.5, 0.6) is 5.75 Å². The summed E-state index contributed by atoms with van der Waals surface area (Å²) in [6.45, 7) is 1.51. The van der Waals surface area contributed by atoms with Crippen LogP contribution in [0.15, 0.2) is 24.3 Å². The van der Waals surface area contributed by atoms with Crippen molar-refractivity contribution in [2.24, 2.45) is 0 Å². The van der Waals surface area contributed by atoms with Gasteiger partial charge in [0.25, 0.3) is 0 Å². The van der Waals surface area contributed by atoms with Crippen LogP contribution in [0.1, 0.15) is 5.56 Å². The van der Waals surface area contributed by atoms with E-state index in [1.807, 2.05) is 0 Å². The molecule has 0 bridgehead atoms. The van der Waals surface area contributed by atoms with Crippen molar-refractivity contribution >= 4 is 16.5 Å². The number of phenolic OH excluding ortho intramolecular Hbond substituents is 1. The van der Waals surface area contributed by atoms with E-state index in [4.69, 9.17) is 5.73 Å². The summed E-state index contributed by atoms with van der Waals surface area (Å²) in [7, 11) is 0. The van der Waals surface area contributed by atoms with E-state index in [0.717, 1.165) is 0 Å². The van der Waals surface area contributed by atoms with Crippen LogP contribution in [0, 0.1) is 12.7 Å². The van der Waals surface area contributed by atoms with Gasteiger partial charge in [-0.2, -0.15) is 0 Å². The van der Waals surface area contributed by atoms with Crippen LogP contribution in [-0.4, -0.2) is 5.11 Å². The number of phenols is 1. The highest BCUT2D eigenvalue weighted by Crippen LogP contribution is 2.35. The molecular weight excluding hydrogens is 181 g/mol. The number of benzene rings is 2. The number of anilines is 1. The molecule has 3 heteroatoms. The second-order valence-corrected chi connectivity index (χ2v) is 3.25. The molecule has 2 rings (SSSR count). The van der Waals surface area contributed by atoms with Gasteiger partial charge in [0.1, 0.15) is 5.75 Å². The van der Waals surface area contributed by atoms with E-state index >= 15 is 0 Å². The van der Waals surface area contributed by atoms with Crippen LogP contribution in [0.2, 0.25) is 0 Å². The predicted octanol–water partition coefficient (Wildman–Crippen LogP) is 2.58. The summed E-state index contributed by atoms with van der Waals surface area (Å²) in [5, 5.41) is 10.8. The highest BCUT2D eigenvalue weighted by molar-refractivity contribution is 5.98. The minimum Gasteiger partial charge on any atom is -0.507 e. The SMILES string of the molecule is Cc1c(F)c(N)c2ccccc2c1O. The summed E-state index contributed by atoms with van der Waals surface area (Å²) in [5.74, 6) is -0.575. The monoisotopic (exact) mass is 191 g/mol. The lowest BCUT2D eigenvalue weighted by atomic mass is 10.0. The lowest BCUT2D eigenvalue weighted by Crippen LogP contribution is -1.95. The molecule has 0 aromatic heterocycles. The first-order valence-corrected chi connectivity index (χ1v) is 4.28. The van der Waals surface area contributed by atoms with Gasteiger partial charge >= 0.3 is 0 Å². The number of nitrogens with two attached hydrogens (primary N) is 1. The highest BCUT2D eigenvalue weighted by Gasteiger charge is 2.13. The van der Waals surface area contributed by atoms with Crippen molar-refractivity contribution in [1.82, 2.24) is 0 Å². The van der Waals surface area contributed by atoms with E-state index in [9.17, 15) is 9.50 Å². The highest BCUT2D eigenvalue weighted by atomic mass is 19.1. The lowest BCUT2D eigenvalue weighted by Gasteiger charge is -2.09. The third-order valence-electron chi connectivity index (χ3n) is 2.39. The molecule has 0 aliphatic carbocycles. The van der Waals surface area contributed by atoms with Crippen molar-refractivity contribution in [1.29, 1.82) is 0 Å². The van der Waals surface area contributed by atoms with Crippen LogP contribution in [0.4, 0.5) is 10.1 Å². The molecule has 2 nitrogen and oxygen atoms in total. The fourth-order valence-corrected chi connectivity index (χ4v) is 1.55. The number of halogens is 1. The van der Waals surface area contributed by atoms with Crippen molar-refractivity contribution < 1.29 is 9.50 Å². The Morgan fingerprint density at radius 1 is 1.21 bits per heavy atom. The van der Waals surface area contributed by atoms with Gasteiger partial charge in [0, 0.05) is 16.3 Å². The molecule has 3 N–H and O–H groups in total. The zero-order valence-corrected chi connectivity index (χ0v) is 7.71. The zero-order chi connectivity index (χ0) is 10.3. The molecule has 2 aromatic carbocycles. The van der Waals surface area contributed by atoms with Crippen molar-refractivity contribution in [3.8, 4) is 5.75 Å². The number of nitrogen functional groups attached to an aromatic ring is 1.